The Morgan fingerprint density at radius 3 is 2.88 bits per heavy atom. The Balaban J connectivity index is 1.65. The van der Waals surface area contributed by atoms with Crippen LogP contribution in [0.15, 0.2) is 30.3 Å². The molecule has 2 fully saturated rings. The van der Waals surface area contributed by atoms with Gasteiger partial charge in [-0.15, -0.1) is 0 Å². The molecule has 3 atom stereocenters. The largest absolute Gasteiger partial charge is 0.453 e. The van der Waals surface area contributed by atoms with Gasteiger partial charge in [0, 0.05) is 0 Å². The predicted octanol–water partition coefficient (Wildman–Crippen LogP) is 1.75. The fraction of sp³-hybridized carbons (Fsp3) is 0.462. The normalized spacial score (nSPS) is 31.2. The maximum Gasteiger partial charge on any atom is 0.338 e. The molecule has 0 spiro atoms. The van der Waals surface area contributed by atoms with E-state index in [0.717, 1.165) is 12.8 Å². The number of carbonyl (C=O) groups excluding carboxylic acids is 1. The van der Waals surface area contributed by atoms with Crippen LogP contribution in [-0.4, -0.2) is 31.1 Å². The molecule has 3 rings (SSSR count). The zero-order valence-electron chi connectivity index (χ0n) is 9.37. The van der Waals surface area contributed by atoms with Crippen LogP contribution in [0.5, 0.6) is 0 Å². The van der Waals surface area contributed by atoms with Crippen LogP contribution >= 0.6 is 0 Å². The topological polar surface area (TPSA) is 44.8 Å². The molecule has 0 radical (unpaired) electrons. The van der Waals surface area contributed by atoms with Crippen molar-refractivity contribution in [1.29, 1.82) is 0 Å². The molecule has 2 aliphatic rings. The zero-order chi connectivity index (χ0) is 11.7. The summed E-state index contributed by atoms with van der Waals surface area (Å²) in [6.45, 7) is 0.615. The Morgan fingerprint density at radius 2 is 2.06 bits per heavy atom. The highest BCUT2D eigenvalue weighted by atomic mass is 16.7. The van der Waals surface area contributed by atoms with Gasteiger partial charge in [-0.25, -0.2) is 4.79 Å². The molecule has 0 saturated carbocycles. The maximum atomic E-state index is 11.9. The highest BCUT2D eigenvalue weighted by molar-refractivity contribution is 5.89. The van der Waals surface area contributed by atoms with E-state index in [1.165, 1.54) is 0 Å². The van der Waals surface area contributed by atoms with Crippen molar-refractivity contribution in [3.63, 3.8) is 0 Å². The van der Waals surface area contributed by atoms with Crippen molar-refractivity contribution < 1.29 is 19.0 Å². The van der Waals surface area contributed by atoms with Gasteiger partial charge in [-0.1, -0.05) is 18.2 Å². The van der Waals surface area contributed by atoms with E-state index in [0.29, 0.717) is 12.2 Å². The molecule has 0 N–H and O–H groups in total. The van der Waals surface area contributed by atoms with Gasteiger partial charge >= 0.3 is 5.97 Å². The van der Waals surface area contributed by atoms with Crippen LogP contribution in [0.2, 0.25) is 0 Å². The first-order valence-electron chi connectivity index (χ1n) is 5.86. The summed E-state index contributed by atoms with van der Waals surface area (Å²) in [5.74, 6) is -0.312. The van der Waals surface area contributed by atoms with Crippen LogP contribution in [0, 0.1) is 0 Å². The summed E-state index contributed by atoms with van der Waals surface area (Å²) in [7, 11) is 0. The van der Waals surface area contributed by atoms with E-state index in [2.05, 4.69) is 0 Å². The van der Waals surface area contributed by atoms with E-state index in [1.807, 2.05) is 18.2 Å². The minimum atomic E-state index is -0.374. The van der Waals surface area contributed by atoms with E-state index in [9.17, 15) is 4.79 Å². The number of fused-ring (bicyclic) bond motifs is 2. The first kappa shape index (κ1) is 10.7. The maximum absolute atomic E-state index is 11.9. The van der Waals surface area contributed by atoms with E-state index < -0.39 is 0 Å². The Kier molecular flexibility index (Phi) is 2.82. The molecule has 0 aromatic heterocycles. The van der Waals surface area contributed by atoms with Crippen LogP contribution < -0.4 is 0 Å². The first-order valence-corrected chi connectivity index (χ1v) is 5.86. The third-order valence-corrected chi connectivity index (χ3v) is 3.12. The van der Waals surface area contributed by atoms with Crippen molar-refractivity contribution in [1.82, 2.24) is 0 Å². The second kappa shape index (κ2) is 4.47. The van der Waals surface area contributed by atoms with Crippen LogP contribution in [0.4, 0.5) is 0 Å². The van der Waals surface area contributed by atoms with Crippen molar-refractivity contribution in [2.45, 2.75) is 31.3 Å². The Morgan fingerprint density at radius 1 is 1.24 bits per heavy atom. The molecule has 2 heterocycles. The lowest BCUT2D eigenvalue weighted by atomic mass is 10.1. The Bertz CT molecular complexity index is 403. The predicted molar refractivity (Wildman–Crippen MR) is 59.5 cm³/mol. The van der Waals surface area contributed by atoms with Gasteiger partial charge in [0.05, 0.1) is 18.3 Å². The van der Waals surface area contributed by atoms with Gasteiger partial charge in [0.15, 0.2) is 12.4 Å². The number of esters is 1. The minimum absolute atomic E-state index is 0.187. The lowest BCUT2D eigenvalue weighted by Crippen LogP contribution is -2.36. The summed E-state index contributed by atoms with van der Waals surface area (Å²) >= 11 is 0. The highest BCUT2D eigenvalue weighted by Crippen LogP contribution is 2.29. The van der Waals surface area contributed by atoms with Crippen LogP contribution in [0.1, 0.15) is 23.2 Å². The molecule has 0 unspecified atom stereocenters. The van der Waals surface area contributed by atoms with Gasteiger partial charge in [-0.05, 0) is 25.0 Å². The fourth-order valence-electron chi connectivity index (χ4n) is 2.20. The molecule has 4 heteroatoms. The quantitative estimate of drug-likeness (QED) is 0.731. The Hall–Kier alpha value is -1.39. The molecule has 1 aromatic rings. The third-order valence-electron chi connectivity index (χ3n) is 3.12. The lowest BCUT2D eigenvalue weighted by molar-refractivity contribution is -0.155. The van der Waals surface area contributed by atoms with Gasteiger partial charge in [0.2, 0.25) is 0 Å². The summed E-state index contributed by atoms with van der Waals surface area (Å²) in [6.07, 6.45) is 1.24. The van der Waals surface area contributed by atoms with Crippen LogP contribution in [0.3, 0.4) is 0 Å². The summed E-state index contributed by atoms with van der Waals surface area (Å²) in [6, 6.07) is 8.98. The van der Waals surface area contributed by atoms with Gasteiger partial charge in [0.25, 0.3) is 0 Å². The molecule has 0 amide bonds. The number of ether oxygens (including phenoxy) is 3. The van der Waals surface area contributed by atoms with Gasteiger partial charge in [0.1, 0.15) is 0 Å². The number of hydrogen-bond donors (Lipinski definition) is 0. The molecule has 17 heavy (non-hydrogen) atoms. The van der Waals surface area contributed by atoms with Crippen LogP contribution in [-0.2, 0) is 14.2 Å². The molecular weight excluding hydrogens is 220 g/mol. The van der Waals surface area contributed by atoms with E-state index in [-0.39, 0.29) is 24.5 Å². The summed E-state index contributed by atoms with van der Waals surface area (Å²) in [5, 5.41) is 0. The molecular formula is C13H14O4. The number of carbonyl (C=O) groups is 1. The SMILES string of the molecule is O=C(O[C@H]1CC[C@H]2CO[C@H]1O2)c1ccccc1. The average molecular weight is 234 g/mol. The van der Waals surface area contributed by atoms with Crippen molar-refractivity contribution in [3.8, 4) is 0 Å². The van der Waals surface area contributed by atoms with Crippen LogP contribution in [0.25, 0.3) is 0 Å². The summed E-state index contributed by atoms with van der Waals surface area (Å²) < 4.78 is 16.4. The first-order chi connectivity index (χ1) is 8.33. The van der Waals surface area contributed by atoms with Crippen molar-refractivity contribution in [3.05, 3.63) is 35.9 Å². The zero-order valence-corrected chi connectivity index (χ0v) is 9.37. The van der Waals surface area contributed by atoms with E-state index in [4.69, 9.17) is 14.2 Å². The number of benzene rings is 1. The highest BCUT2D eigenvalue weighted by Gasteiger charge is 2.40. The number of rotatable bonds is 2. The molecule has 2 aliphatic heterocycles. The second-order valence-corrected chi connectivity index (χ2v) is 4.35. The fourth-order valence-corrected chi connectivity index (χ4v) is 2.20. The van der Waals surface area contributed by atoms with E-state index >= 15 is 0 Å². The standard InChI is InChI=1S/C13H14O4/c14-12(9-4-2-1-3-5-9)17-11-7-6-10-8-15-13(11)16-10/h1-5,10-11,13H,6-8H2/t10-,11-,13-/m0/s1. The monoisotopic (exact) mass is 234 g/mol. The van der Waals surface area contributed by atoms with E-state index in [1.54, 1.807) is 12.1 Å². The smallest absolute Gasteiger partial charge is 0.338 e. The minimum Gasteiger partial charge on any atom is -0.453 e. The average Bonchev–Trinajstić information content (AvgIpc) is 2.77. The molecule has 2 saturated heterocycles. The van der Waals surface area contributed by atoms with Gasteiger partial charge in [-0.3, -0.25) is 0 Å². The number of hydrogen-bond acceptors (Lipinski definition) is 4. The Labute approximate surface area is 99.5 Å². The lowest BCUT2D eigenvalue weighted by Gasteiger charge is -2.26. The summed E-state index contributed by atoms with van der Waals surface area (Å²) in [5.41, 5.74) is 0.563. The van der Waals surface area contributed by atoms with Crippen molar-refractivity contribution >= 4 is 5.97 Å². The van der Waals surface area contributed by atoms with Crippen molar-refractivity contribution in [2.75, 3.05) is 6.61 Å². The van der Waals surface area contributed by atoms with Crippen molar-refractivity contribution in [2.24, 2.45) is 0 Å². The second-order valence-electron chi connectivity index (χ2n) is 4.35. The summed E-state index contributed by atoms with van der Waals surface area (Å²) in [4.78, 5) is 11.9. The molecule has 4 nitrogen and oxygen atoms in total. The van der Waals surface area contributed by atoms with Gasteiger partial charge in [-0.2, -0.15) is 0 Å². The third kappa shape index (κ3) is 2.18. The molecule has 0 aliphatic carbocycles. The molecule has 1 aromatic carbocycles. The van der Waals surface area contributed by atoms with Gasteiger partial charge < -0.3 is 14.2 Å². The molecule has 2 bridgehead atoms. The molecule has 90 valence electrons.